The molecular formula is C19H19Cl2N3O2. The quantitative estimate of drug-likeness (QED) is 0.838. The molecule has 26 heavy (non-hydrogen) atoms. The summed E-state index contributed by atoms with van der Waals surface area (Å²) < 4.78 is 0. The highest BCUT2D eigenvalue weighted by Gasteiger charge is 2.21. The lowest BCUT2D eigenvalue weighted by Crippen LogP contribution is -2.51. The van der Waals surface area contributed by atoms with Gasteiger partial charge in [0.05, 0.1) is 0 Å². The van der Waals surface area contributed by atoms with Crippen LogP contribution in [-0.2, 0) is 0 Å². The molecule has 1 aliphatic heterocycles. The van der Waals surface area contributed by atoms with Gasteiger partial charge in [-0.2, -0.15) is 0 Å². The van der Waals surface area contributed by atoms with Crippen molar-refractivity contribution in [1.82, 2.24) is 10.2 Å². The molecule has 7 heteroatoms. The SMILES string of the molecule is CC1CN(C(=O)c2ccc(NC(=O)c3cc(Cl)cc(Cl)c3)cc2)CCN1. The zero-order valence-electron chi connectivity index (χ0n) is 14.3. The van der Waals surface area contributed by atoms with Gasteiger partial charge in [0.25, 0.3) is 11.8 Å². The van der Waals surface area contributed by atoms with Gasteiger partial charge in [-0.05, 0) is 49.4 Å². The first kappa shape index (κ1) is 18.7. The molecule has 1 saturated heterocycles. The number of rotatable bonds is 3. The molecule has 2 N–H and O–H groups in total. The highest BCUT2D eigenvalue weighted by molar-refractivity contribution is 6.35. The van der Waals surface area contributed by atoms with Crippen LogP contribution in [0, 0.1) is 0 Å². The summed E-state index contributed by atoms with van der Waals surface area (Å²) in [5.74, 6) is -0.317. The van der Waals surface area contributed by atoms with E-state index in [0.29, 0.717) is 39.9 Å². The lowest BCUT2D eigenvalue weighted by atomic mass is 10.1. The minimum absolute atomic E-state index is 0.00199. The van der Waals surface area contributed by atoms with Crippen LogP contribution in [0.2, 0.25) is 10.0 Å². The summed E-state index contributed by atoms with van der Waals surface area (Å²) in [6.45, 7) is 4.23. The van der Waals surface area contributed by atoms with Crippen LogP contribution in [0.25, 0.3) is 0 Å². The van der Waals surface area contributed by atoms with Crippen LogP contribution in [0.1, 0.15) is 27.6 Å². The van der Waals surface area contributed by atoms with Gasteiger partial charge in [-0.1, -0.05) is 23.2 Å². The summed E-state index contributed by atoms with van der Waals surface area (Å²) >= 11 is 11.9. The van der Waals surface area contributed by atoms with Gasteiger partial charge in [0.1, 0.15) is 0 Å². The van der Waals surface area contributed by atoms with Crippen molar-refractivity contribution in [3.63, 3.8) is 0 Å². The Morgan fingerprint density at radius 1 is 1.08 bits per heavy atom. The second-order valence-electron chi connectivity index (χ2n) is 6.30. The molecule has 5 nitrogen and oxygen atoms in total. The molecule has 2 aromatic rings. The van der Waals surface area contributed by atoms with E-state index in [9.17, 15) is 9.59 Å². The number of piperazine rings is 1. The smallest absolute Gasteiger partial charge is 0.255 e. The first-order valence-corrected chi connectivity index (χ1v) is 9.08. The summed E-state index contributed by atoms with van der Waals surface area (Å²) in [4.78, 5) is 26.7. The summed E-state index contributed by atoms with van der Waals surface area (Å²) in [5.41, 5.74) is 1.57. The maximum Gasteiger partial charge on any atom is 0.255 e. The average Bonchev–Trinajstić information content (AvgIpc) is 2.61. The van der Waals surface area contributed by atoms with E-state index in [1.165, 1.54) is 0 Å². The number of carbonyl (C=O) groups is 2. The van der Waals surface area contributed by atoms with E-state index in [1.54, 1.807) is 42.5 Å². The monoisotopic (exact) mass is 391 g/mol. The summed E-state index contributed by atoms with van der Waals surface area (Å²) in [5, 5.41) is 6.88. The Bertz CT molecular complexity index is 804. The molecule has 0 bridgehead atoms. The first-order valence-electron chi connectivity index (χ1n) is 8.32. The van der Waals surface area contributed by atoms with Crippen LogP contribution in [0.4, 0.5) is 5.69 Å². The van der Waals surface area contributed by atoms with Crippen molar-refractivity contribution >= 4 is 40.7 Å². The fourth-order valence-electron chi connectivity index (χ4n) is 2.88. The largest absolute Gasteiger partial charge is 0.336 e. The molecule has 3 rings (SSSR count). The molecule has 0 aliphatic carbocycles. The number of halogens is 2. The summed E-state index contributed by atoms with van der Waals surface area (Å²) in [7, 11) is 0. The minimum Gasteiger partial charge on any atom is -0.336 e. The van der Waals surface area contributed by atoms with Gasteiger partial charge in [0, 0.05) is 52.5 Å². The molecule has 0 aromatic heterocycles. The molecule has 1 aliphatic rings. The maximum atomic E-state index is 12.6. The van der Waals surface area contributed by atoms with Crippen molar-refractivity contribution in [2.24, 2.45) is 0 Å². The maximum absolute atomic E-state index is 12.6. The normalized spacial score (nSPS) is 17.0. The Morgan fingerprint density at radius 2 is 1.73 bits per heavy atom. The lowest BCUT2D eigenvalue weighted by Gasteiger charge is -2.32. The molecule has 0 radical (unpaired) electrons. The van der Waals surface area contributed by atoms with Gasteiger partial charge in [0.15, 0.2) is 0 Å². The van der Waals surface area contributed by atoms with Gasteiger partial charge in [-0.25, -0.2) is 0 Å². The van der Waals surface area contributed by atoms with Crippen LogP contribution >= 0.6 is 23.2 Å². The van der Waals surface area contributed by atoms with Crippen LogP contribution in [0.5, 0.6) is 0 Å². The van der Waals surface area contributed by atoms with Gasteiger partial charge >= 0.3 is 0 Å². The van der Waals surface area contributed by atoms with E-state index >= 15 is 0 Å². The molecular weight excluding hydrogens is 373 g/mol. The predicted molar refractivity (Wildman–Crippen MR) is 104 cm³/mol. The highest BCUT2D eigenvalue weighted by atomic mass is 35.5. The molecule has 136 valence electrons. The first-order chi connectivity index (χ1) is 12.4. The van der Waals surface area contributed by atoms with Crippen LogP contribution in [0.15, 0.2) is 42.5 Å². The molecule has 2 aromatic carbocycles. The number of hydrogen-bond acceptors (Lipinski definition) is 3. The second-order valence-corrected chi connectivity index (χ2v) is 7.17. The van der Waals surface area contributed by atoms with Gasteiger partial charge in [-0.15, -0.1) is 0 Å². The third kappa shape index (κ3) is 4.55. The number of carbonyl (C=O) groups excluding carboxylic acids is 2. The van der Waals surface area contributed by atoms with Crippen molar-refractivity contribution in [2.45, 2.75) is 13.0 Å². The number of nitrogens with one attached hydrogen (secondary N) is 2. The van der Waals surface area contributed by atoms with E-state index in [2.05, 4.69) is 17.6 Å². The number of hydrogen-bond donors (Lipinski definition) is 2. The number of amides is 2. The zero-order chi connectivity index (χ0) is 18.7. The lowest BCUT2D eigenvalue weighted by molar-refractivity contribution is 0.0709. The Kier molecular flexibility index (Phi) is 5.81. The topological polar surface area (TPSA) is 61.4 Å². The third-order valence-electron chi connectivity index (χ3n) is 4.17. The van der Waals surface area contributed by atoms with Crippen LogP contribution in [-0.4, -0.2) is 42.4 Å². The average molecular weight is 392 g/mol. The molecule has 0 spiro atoms. The Hall–Kier alpha value is -2.08. The fourth-order valence-corrected chi connectivity index (χ4v) is 3.41. The van der Waals surface area contributed by atoms with Crippen LogP contribution < -0.4 is 10.6 Å². The number of nitrogens with zero attached hydrogens (tertiary/aromatic N) is 1. The molecule has 1 heterocycles. The Labute approximate surface area is 162 Å². The summed E-state index contributed by atoms with van der Waals surface area (Å²) in [6.07, 6.45) is 0. The van der Waals surface area contributed by atoms with Crippen molar-refractivity contribution < 1.29 is 9.59 Å². The van der Waals surface area contributed by atoms with E-state index in [-0.39, 0.29) is 17.9 Å². The van der Waals surface area contributed by atoms with Gasteiger partial charge in [0.2, 0.25) is 0 Å². The minimum atomic E-state index is -0.315. The predicted octanol–water partition coefficient (Wildman–Crippen LogP) is 3.68. The number of anilines is 1. The Morgan fingerprint density at radius 3 is 2.35 bits per heavy atom. The third-order valence-corrected chi connectivity index (χ3v) is 4.61. The molecule has 1 fully saturated rings. The zero-order valence-corrected chi connectivity index (χ0v) is 15.8. The van der Waals surface area contributed by atoms with Crippen molar-refractivity contribution in [1.29, 1.82) is 0 Å². The molecule has 0 saturated carbocycles. The number of benzene rings is 2. The standard InChI is InChI=1S/C19H19Cl2N3O2/c1-12-11-24(7-6-22-12)19(26)13-2-4-17(5-3-13)23-18(25)14-8-15(20)10-16(21)9-14/h2-5,8-10,12,22H,6-7,11H2,1H3,(H,23,25). The van der Waals surface area contributed by atoms with Gasteiger partial charge in [-0.3, -0.25) is 9.59 Å². The van der Waals surface area contributed by atoms with Crippen molar-refractivity contribution in [3.8, 4) is 0 Å². The fraction of sp³-hybridized carbons (Fsp3) is 0.263. The molecule has 1 unspecified atom stereocenters. The molecule has 1 atom stereocenters. The van der Waals surface area contributed by atoms with Crippen LogP contribution in [0.3, 0.4) is 0 Å². The van der Waals surface area contributed by atoms with E-state index in [1.807, 2.05) is 4.90 Å². The van der Waals surface area contributed by atoms with Gasteiger partial charge < -0.3 is 15.5 Å². The second kappa shape index (κ2) is 8.08. The molecule has 2 amide bonds. The summed E-state index contributed by atoms with van der Waals surface area (Å²) in [6, 6.07) is 11.8. The Balaban J connectivity index is 1.67. The van der Waals surface area contributed by atoms with Crippen molar-refractivity contribution in [2.75, 3.05) is 25.0 Å². The van der Waals surface area contributed by atoms with E-state index < -0.39 is 0 Å². The van der Waals surface area contributed by atoms with E-state index in [0.717, 1.165) is 6.54 Å². The van der Waals surface area contributed by atoms with Crippen molar-refractivity contribution in [3.05, 3.63) is 63.6 Å². The highest BCUT2D eigenvalue weighted by Crippen LogP contribution is 2.20. The van der Waals surface area contributed by atoms with E-state index in [4.69, 9.17) is 23.2 Å².